The summed E-state index contributed by atoms with van der Waals surface area (Å²) in [6.45, 7) is 4.75. The first-order chi connectivity index (χ1) is 7.10. The maximum Gasteiger partial charge on any atom is 0.322 e. The first-order valence-corrected chi connectivity index (χ1v) is 6.64. The average molecular weight is 268 g/mol. The summed E-state index contributed by atoms with van der Waals surface area (Å²) in [4.78, 5) is 11.0. The second kappa shape index (κ2) is 5.55. The Kier molecular flexibility index (Phi) is 5.30. The molecule has 6 nitrogen and oxygen atoms in total. The molecule has 0 atom stereocenters. The Hall–Kier alpha value is -0.730. The van der Waals surface area contributed by atoms with Gasteiger partial charge in [0, 0.05) is 0 Å². The molecular weight excluding hydrogens is 252 g/mol. The Bertz CT molecular complexity index is 375. The van der Waals surface area contributed by atoms with Crippen LogP contribution in [0.1, 0.15) is 20.8 Å². The van der Waals surface area contributed by atoms with Gasteiger partial charge in [0.15, 0.2) is 5.75 Å². The Morgan fingerprint density at radius 2 is 2.00 bits per heavy atom. The summed E-state index contributed by atoms with van der Waals surface area (Å²) in [7, 11) is -3.80. The van der Waals surface area contributed by atoms with Crippen LogP contribution in [0.3, 0.4) is 0 Å². The molecule has 0 spiro atoms. The van der Waals surface area contributed by atoms with Crippen molar-refractivity contribution >= 4 is 33.2 Å². The van der Waals surface area contributed by atoms with Crippen LogP contribution in [0.2, 0.25) is 0 Å². The van der Waals surface area contributed by atoms with E-state index in [-0.39, 0.29) is 11.6 Å². The molecule has 0 aromatic rings. The van der Waals surface area contributed by atoms with Gasteiger partial charge < -0.3 is 10.5 Å². The lowest BCUT2D eigenvalue weighted by atomic mass is 10.1. The second-order valence-corrected chi connectivity index (χ2v) is 5.82. The normalized spacial score (nSPS) is 12.2. The highest BCUT2D eigenvalue weighted by molar-refractivity contribution is 7.90. The third-order valence-corrected chi connectivity index (χ3v) is 3.59. The van der Waals surface area contributed by atoms with Crippen molar-refractivity contribution in [3.63, 3.8) is 0 Å². The molecule has 0 aliphatic carbocycles. The number of carbonyl (C=O) groups excluding carboxylic acids is 1. The van der Waals surface area contributed by atoms with Crippen LogP contribution in [0.4, 0.5) is 0 Å². The van der Waals surface area contributed by atoms with Gasteiger partial charge in [-0.1, -0.05) is 12.2 Å². The van der Waals surface area contributed by atoms with Crippen molar-refractivity contribution < 1.29 is 17.9 Å². The molecule has 0 aliphatic rings. The number of esters is 1. The number of nitrogens with one attached hydrogen (secondary N) is 1. The van der Waals surface area contributed by atoms with Crippen molar-refractivity contribution in [3.05, 3.63) is 0 Å². The summed E-state index contributed by atoms with van der Waals surface area (Å²) in [5.41, 5.74) is 4.29. The zero-order valence-electron chi connectivity index (χ0n) is 9.44. The van der Waals surface area contributed by atoms with E-state index in [2.05, 4.69) is 9.46 Å². The summed E-state index contributed by atoms with van der Waals surface area (Å²) in [6.07, 6.45) is 0. The van der Waals surface area contributed by atoms with Gasteiger partial charge >= 0.3 is 5.97 Å². The maximum atomic E-state index is 11.5. The minimum Gasteiger partial charge on any atom is -0.465 e. The molecule has 16 heavy (non-hydrogen) atoms. The van der Waals surface area contributed by atoms with Crippen LogP contribution in [0, 0.1) is 0 Å². The molecule has 94 valence electrons. The molecular formula is C8H16N2O4S2. The number of hydrogen-bond acceptors (Lipinski definition) is 5. The highest BCUT2D eigenvalue weighted by atomic mass is 32.2. The largest absolute Gasteiger partial charge is 0.465 e. The van der Waals surface area contributed by atoms with Crippen molar-refractivity contribution in [2.45, 2.75) is 26.3 Å². The second-order valence-electron chi connectivity index (χ2n) is 3.66. The van der Waals surface area contributed by atoms with E-state index in [0.29, 0.717) is 0 Å². The smallest absolute Gasteiger partial charge is 0.322 e. The molecule has 0 heterocycles. The summed E-state index contributed by atoms with van der Waals surface area (Å²) in [6, 6.07) is 0. The molecule has 0 saturated carbocycles. The predicted molar refractivity (Wildman–Crippen MR) is 64.4 cm³/mol. The number of hydrogen-bond donors (Lipinski definition) is 2. The lowest BCUT2D eigenvalue weighted by Gasteiger charge is -2.24. The zero-order chi connectivity index (χ0) is 13.0. The summed E-state index contributed by atoms with van der Waals surface area (Å²) < 4.78 is 29.8. The van der Waals surface area contributed by atoms with Crippen LogP contribution in [-0.2, 0) is 19.6 Å². The van der Waals surface area contributed by atoms with E-state index in [4.69, 9.17) is 18.0 Å². The fraction of sp³-hybridized carbons (Fsp3) is 0.750. The van der Waals surface area contributed by atoms with Crippen molar-refractivity contribution in [1.29, 1.82) is 0 Å². The Morgan fingerprint density at radius 3 is 2.38 bits per heavy atom. The fourth-order valence-corrected chi connectivity index (χ4v) is 2.30. The molecule has 3 N–H and O–H groups in total. The average Bonchev–Trinajstić information content (AvgIpc) is 1.99. The zero-order valence-corrected chi connectivity index (χ0v) is 11.1. The summed E-state index contributed by atoms with van der Waals surface area (Å²) in [5, 5.41) is 0. The van der Waals surface area contributed by atoms with Gasteiger partial charge in [0.25, 0.3) is 0 Å². The van der Waals surface area contributed by atoms with Gasteiger partial charge in [0.1, 0.15) is 0 Å². The molecule has 0 aromatic carbocycles. The van der Waals surface area contributed by atoms with Crippen molar-refractivity contribution in [2.75, 3.05) is 12.4 Å². The van der Waals surface area contributed by atoms with Gasteiger partial charge in [-0.15, -0.1) is 0 Å². The van der Waals surface area contributed by atoms with Crippen LogP contribution in [0.15, 0.2) is 0 Å². The molecule has 0 radical (unpaired) electrons. The number of thiocarbonyl (C=S) groups is 1. The van der Waals surface area contributed by atoms with E-state index in [1.165, 1.54) is 13.8 Å². The number of nitrogens with two attached hydrogens (primary N) is 1. The maximum absolute atomic E-state index is 11.5. The number of rotatable bonds is 6. The monoisotopic (exact) mass is 268 g/mol. The first-order valence-electron chi connectivity index (χ1n) is 4.58. The summed E-state index contributed by atoms with van der Waals surface area (Å²) >= 11 is 4.70. The number of ether oxygens (including phenoxy) is 1. The van der Waals surface area contributed by atoms with E-state index in [9.17, 15) is 13.2 Å². The van der Waals surface area contributed by atoms with Crippen LogP contribution in [0.5, 0.6) is 0 Å². The third-order valence-electron chi connectivity index (χ3n) is 1.64. The molecule has 0 bridgehead atoms. The number of sulfonamides is 1. The van der Waals surface area contributed by atoms with Crippen molar-refractivity contribution in [2.24, 2.45) is 5.73 Å². The Morgan fingerprint density at radius 1 is 1.50 bits per heavy atom. The molecule has 0 unspecified atom stereocenters. The molecule has 0 saturated heterocycles. The standard InChI is InChI=1S/C8H16N2O4S2/c1-4-14-6(11)5-16(12,13)10-8(2,3)7(9)15/h10H,4-5H2,1-3H3,(H2,9,15). The van der Waals surface area contributed by atoms with E-state index >= 15 is 0 Å². The molecule has 0 fully saturated rings. The summed E-state index contributed by atoms with van der Waals surface area (Å²) in [5.74, 6) is -1.55. The van der Waals surface area contributed by atoms with E-state index in [0.717, 1.165) is 0 Å². The molecule has 0 amide bonds. The van der Waals surface area contributed by atoms with Gasteiger partial charge in [-0.2, -0.15) is 0 Å². The van der Waals surface area contributed by atoms with Crippen molar-refractivity contribution in [3.8, 4) is 0 Å². The topological polar surface area (TPSA) is 98.5 Å². The van der Waals surface area contributed by atoms with Gasteiger partial charge in [0.05, 0.1) is 17.1 Å². The van der Waals surface area contributed by atoms with Gasteiger partial charge in [-0.25, -0.2) is 13.1 Å². The Balaban J connectivity index is 4.60. The van der Waals surface area contributed by atoms with Crippen LogP contribution in [-0.4, -0.2) is 37.3 Å². The first kappa shape index (κ1) is 15.3. The molecule has 0 rings (SSSR count). The fourth-order valence-electron chi connectivity index (χ4n) is 0.833. The van der Waals surface area contributed by atoms with E-state index < -0.39 is 27.3 Å². The molecule has 0 aromatic heterocycles. The predicted octanol–water partition coefficient (Wildman–Crippen LogP) is -0.466. The van der Waals surface area contributed by atoms with Gasteiger partial charge in [-0.3, -0.25) is 4.79 Å². The highest BCUT2D eigenvalue weighted by Gasteiger charge is 2.29. The third kappa shape index (κ3) is 5.38. The number of carbonyl (C=O) groups is 1. The van der Waals surface area contributed by atoms with Gasteiger partial charge in [-0.05, 0) is 20.8 Å². The lowest BCUT2D eigenvalue weighted by Crippen LogP contribution is -2.53. The SMILES string of the molecule is CCOC(=O)CS(=O)(=O)NC(C)(C)C(N)=S. The van der Waals surface area contributed by atoms with Crippen LogP contribution >= 0.6 is 12.2 Å². The Labute approximate surface area is 101 Å². The molecule has 0 aliphatic heterocycles. The van der Waals surface area contributed by atoms with Crippen molar-refractivity contribution in [1.82, 2.24) is 4.72 Å². The lowest BCUT2D eigenvalue weighted by molar-refractivity contribution is -0.139. The minimum atomic E-state index is -3.80. The minimum absolute atomic E-state index is 0.0000612. The van der Waals surface area contributed by atoms with E-state index in [1.807, 2.05) is 0 Å². The van der Waals surface area contributed by atoms with E-state index in [1.54, 1.807) is 6.92 Å². The van der Waals surface area contributed by atoms with Gasteiger partial charge in [0.2, 0.25) is 10.0 Å². The highest BCUT2D eigenvalue weighted by Crippen LogP contribution is 2.05. The quantitative estimate of drug-likeness (QED) is 0.499. The molecule has 8 heteroatoms. The van der Waals surface area contributed by atoms with Crippen LogP contribution < -0.4 is 10.5 Å². The van der Waals surface area contributed by atoms with Crippen LogP contribution in [0.25, 0.3) is 0 Å².